The molecule has 2 saturated carbocycles. The van der Waals surface area contributed by atoms with Crippen molar-refractivity contribution in [3.8, 4) is 23.1 Å². The number of hydrogen-bond acceptors (Lipinski definition) is 5. The number of hydrogen-bond donors (Lipinski definition) is 2. The molecule has 2 aliphatic rings. The van der Waals surface area contributed by atoms with Gasteiger partial charge in [-0.2, -0.15) is 18.4 Å². The number of aryl methyl sites for hydroxylation is 1. The van der Waals surface area contributed by atoms with Crippen LogP contribution in [0.15, 0.2) is 29.3 Å². The molecule has 0 bridgehead atoms. The van der Waals surface area contributed by atoms with Crippen LogP contribution in [0.1, 0.15) is 43.4 Å². The lowest BCUT2D eigenvalue weighted by Gasteiger charge is -2.13. The standard InChI is InChI=1S/C19H15F3N4O.C2H6/c1-10-4-12(19(20,21)22)5-14(27)15(10)13-3-2-11(16(24)26-13)6-25-18-7-17(18,8-18)9-23;1-2/h2-6,27H,7-8H2,1H3,(H2,24,26);1-2H3. The molecule has 0 aliphatic heterocycles. The van der Waals surface area contributed by atoms with Crippen molar-refractivity contribution in [1.82, 2.24) is 4.98 Å². The summed E-state index contributed by atoms with van der Waals surface area (Å²) in [7, 11) is 0. The third-order valence-electron chi connectivity index (χ3n) is 5.35. The highest BCUT2D eigenvalue weighted by molar-refractivity contribution is 5.88. The minimum absolute atomic E-state index is 0.148. The quantitative estimate of drug-likeness (QED) is 0.717. The summed E-state index contributed by atoms with van der Waals surface area (Å²) in [6, 6.07) is 7.13. The number of phenolic OH excluding ortho intramolecular Hbond substituents is 1. The second-order valence-electron chi connectivity index (χ2n) is 7.19. The molecule has 1 aromatic carbocycles. The van der Waals surface area contributed by atoms with Crippen LogP contribution >= 0.6 is 0 Å². The van der Waals surface area contributed by atoms with E-state index in [2.05, 4.69) is 16.0 Å². The summed E-state index contributed by atoms with van der Waals surface area (Å²) >= 11 is 0. The van der Waals surface area contributed by atoms with Crippen molar-refractivity contribution < 1.29 is 18.3 Å². The van der Waals surface area contributed by atoms with Gasteiger partial charge in [0.15, 0.2) is 0 Å². The van der Waals surface area contributed by atoms with Gasteiger partial charge in [0.1, 0.15) is 11.6 Å². The van der Waals surface area contributed by atoms with Crippen molar-refractivity contribution in [2.45, 2.75) is 45.3 Å². The average molecular weight is 402 g/mol. The topological polar surface area (TPSA) is 95.3 Å². The number of phenols is 1. The van der Waals surface area contributed by atoms with Crippen LogP contribution in [0, 0.1) is 23.7 Å². The van der Waals surface area contributed by atoms with Crippen molar-refractivity contribution in [1.29, 1.82) is 5.26 Å². The van der Waals surface area contributed by atoms with Gasteiger partial charge in [0.2, 0.25) is 0 Å². The zero-order valence-corrected chi connectivity index (χ0v) is 16.3. The SMILES string of the molecule is CC.Cc1cc(C(F)(F)F)cc(O)c1-c1ccc(C=NC23CC2(C#N)C3)c(N)n1. The van der Waals surface area contributed by atoms with Crippen molar-refractivity contribution in [3.05, 3.63) is 41.0 Å². The van der Waals surface area contributed by atoms with Gasteiger partial charge in [0.25, 0.3) is 0 Å². The molecular formula is C21H21F3N4O. The van der Waals surface area contributed by atoms with E-state index < -0.39 is 17.5 Å². The maximum Gasteiger partial charge on any atom is 0.416 e. The Balaban J connectivity index is 0.00000117. The predicted molar refractivity (Wildman–Crippen MR) is 104 cm³/mol. The number of anilines is 1. The Labute approximate surface area is 166 Å². The van der Waals surface area contributed by atoms with Crippen molar-refractivity contribution in [3.63, 3.8) is 0 Å². The van der Waals surface area contributed by atoms with Gasteiger partial charge in [-0.3, -0.25) is 4.99 Å². The molecule has 1 aromatic heterocycles. The molecule has 2 fully saturated rings. The van der Waals surface area contributed by atoms with Gasteiger partial charge >= 0.3 is 6.18 Å². The molecule has 0 radical (unpaired) electrons. The van der Waals surface area contributed by atoms with E-state index in [-0.39, 0.29) is 33.6 Å². The number of aromatic nitrogens is 1. The smallest absolute Gasteiger partial charge is 0.416 e. The molecule has 2 aromatic rings. The van der Waals surface area contributed by atoms with Crippen LogP contribution in [-0.4, -0.2) is 21.8 Å². The minimum atomic E-state index is -4.54. The van der Waals surface area contributed by atoms with Gasteiger partial charge in [-0.1, -0.05) is 13.8 Å². The summed E-state index contributed by atoms with van der Waals surface area (Å²) in [5, 5.41) is 19.1. The first-order chi connectivity index (χ1) is 13.6. The number of alkyl halides is 3. The second-order valence-corrected chi connectivity index (χ2v) is 7.19. The first-order valence-corrected chi connectivity index (χ1v) is 9.25. The Bertz CT molecular complexity index is 1010. The summed E-state index contributed by atoms with van der Waals surface area (Å²) < 4.78 is 38.6. The van der Waals surface area contributed by atoms with E-state index in [4.69, 9.17) is 11.0 Å². The van der Waals surface area contributed by atoms with Gasteiger partial charge < -0.3 is 10.8 Å². The highest BCUT2D eigenvalue weighted by Gasteiger charge is 2.85. The maximum atomic E-state index is 12.9. The predicted octanol–water partition coefficient (Wildman–Crippen LogP) is 4.86. The lowest BCUT2D eigenvalue weighted by molar-refractivity contribution is -0.137. The number of fused-ring (bicyclic) bond motifs is 1. The highest BCUT2D eigenvalue weighted by atomic mass is 19.4. The lowest BCUT2D eigenvalue weighted by Crippen LogP contribution is -2.06. The fraction of sp³-hybridized carbons (Fsp3) is 0.381. The molecule has 5 nitrogen and oxygen atoms in total. The number of rotatable bonds is 3. The Morgan fingerprint density at radius 1 is 1.28 bits per heavy atom. The summed E-state index contributed by atoms with van der Waals surface area (Å²) in [6.07, 6.45) is -1.44. The molecule has 152 valence electrons. The zero-order valence-electron chi connectivity index (χ0n) is 16.3. The van der Waals surface area contributed by atoms with Crippen molar-refractivity contribution in [2.75, 3.05) is 5.73 Å². The first kappa shape index (κ1) is 20.6. The molecule has 0 amide bonds. The Morgan fingerprint density at radius 3 is 2.41 bits per heavy atom. The molecular weight excluding hydrogens is 381 g/mol. The Kier molecular flexibility index (Phi) is 4.81. The van der Waals surface area contributed by atoms with Crippen LogP contribution in [0.25, 0.3) is 11.3 Å². The molecule has 0 atom stereocenters. The van der Waals surface area contributed by atoms with E-state index in [1.807, 2.05) is 13.8 Å². The third-order valence-corrected chi connectivity index (χ3v) is 5.35. The molecule has 8 heteroatoms. The Hall–Kier alpha value is -3.08. The lowest BCUT2D eigenvalue weighted by atomic mass is 10.00. The second kappa shape index (κ2) is 6.76. The largest absolute Gasteiger partial charge is 0.507 e. The van der Waals surface area contributed by atoms with Crippen LogP contribution in [0.3, 0.4) is 0 Å². The van der Waals surface area contributed by atoms with E-state index in [1.54, 1.807) is 18.3 Å². The molecule has 29 heavy (non-hydrogen) atoms. The number of aliphatic imine (C=N–C) groups is 1. The maximum absolute atomic E-state index is 12.9. The minimum Gasteiger partial charge on any atom is -0.507 e. The van der Waals surface area contributed by atoms with E-state index >= 15 is 0 Å². The molecule has 0 unspecified atom stereocenters. The number of aromatic hydroxyl groups is 1. The number of nitrogens with two attached hydrogens (primary N) is 1. The van der Waals surface area contributed by atoms with Gasteiger partial charge in [0.05, 0.1) is 28.3 Å². The first-order valence-electron chi connectivity index (χ1n) is 9.25. The van der Waals surface area contributed by atoms with Crippen LogP contribution in [0.2, 0.25) is 0 Å². The zero-order chi connectivity index (χ0) is 21.6. The fourth-order valence-electron chi connectivity index (χ4n) is 3.45. The van der Waals surface area contributed by atoms with Crippen LogP contribution in [0.4, 0.5) is 19.0 Å². The molecule has 3 N–H and O–H groups in total. The number of nitrogens with zero attached hydrogens (tertiary/aromatic N) is 3. The summed E-state index contributed by atoms with van der Waals surface area (Å²) in [5.41, 5.74) is 5.74. The number of nitrogen functional groups attached to an aromatic ring is 1. The van der Waals surface area contributed by atoms with Crippen LogP contribution in [0.5, 0.6) is 5.75 Å². The number of benzene rings is 1. The monoisotopic (exact) mass is 402 g/mol. The normalized spacial score (nSPS) is 24.3. The van der Waals surface area contributed by atoms with Crippen LogP contribution in [-0.2, 0) is 6.18 Å². The summed E-state index contributed by atoms with van der Waals surface area (Å²) in [6.45, 7) is 5.47. The van der Waals surface area contributed by atoms with E-state index in [0.29, 0.717) is 11.6 Å². The fourth-order valence-corrected chi connectivity index (χ4v) is 3.45. The van der Waals surface area contributed by atoms with Crippen molar-refractivity contribution in [2.24, 2.45) is 10.4 Å². The van der Waals surface area contributed by atoms with Gasteiger partial charge in [0, 0.05) is 17.3 Å². The van der Waals surface area contributed by atoms with Crippen LogP contribution < -0.4 is 5.73 Å². The van der Waals surface area contributed by atoms with E-state index in [1.165, 1.54) is 6.92 Å². The summed E-state index contributed by atoms with van der Waals surface area (Å²) in [5.74, 6) is -0.362. The number of halogens is 3. The Morgan fingerprint density at radius 2 is 1.93 bits per heavy atom. The van der Waals surface area contributed by atoms with Gasteiger partial charge in [-0.05, 0) is 49.6 Å². The molecule has 0 spiro atoms. The average Bonchev–Trinajstić information content (AvgIpc) is 3.48. The van der Waals surface area contributed by atoms with Crippen molar-refractivity contribution >= 4 is 12.0 Å². The molecule has 4 rings (SSSR count). The molecule has 0 saturated heterocycles. The summed E-state index contributed by atoms with van der Waals surface area (Å²) in [4.78, 5) is 8.66. The third kappa shape index (κ3) is 3.41. The number of nitriles is 1. The molecule has 2 aliphatic carbocycles. The highest BCUT2D eigenvalue weighted by Crippen LogP contribution is 2.80. The van der Waals surface area contributed by atoms with Gasteiger partial charge in [-0.15, -0.1) is 0 Å². The molecule has 1 heterocycles. The number of pyridine rings is 1. The van der Waals surface area contributed by atoms with Gasteiger partial charge in [-0.25, -0.2) is 4.98 Å². The van der Waals surface area contributed by atoms with E-state index in [0.717, 1.165) is 18.9 Å². The van der Waals surface area contributed by atoms with E-state index in [9.17, 15) is 18.3 Å².